The highest BCUT2D eigenvalue weighted by molar-refractivity contribution is 7.07. The van der Waals surface area contributed by atoms with Gasteiger partial charge in [-0.15, -0.1) is 11.3 Å². The summed E-state index contributed by atoms with van der Waals surface area (Å²) in [5.41, 5.74) is 12.9. The Morgan fingerprint density at radius 3 is 2.65 bits per heavy atom. The number of benzene rings is 2. The van der Waals surface area contributed by atoms with Gasteiger partial charge in [-0.1, -0.05) is 50.3 Å². The number of rotatable bonds is 10. The predicted molar refractivity (Wildman–Crippen MR) is 151 cm³/mol. The van der Waals surface area contributed by atoms with Crippen LogP contribution in [-0.4, -0.2) is 23.0 Å². The van der Waals surface area contributed by atoms with E-state index >= 15 is 0 Å². The first kappa shape index (κ1) is 25.2. The first-order valence-corrected chi connectivity index (χ1v) is 14.0. The highest BCUT2D eigenvalue weighted by Crippen LogP contribution is 2.33. The second-order valence-corrected chi connectivity index (χ2v) is 10.7. The van der Waals surface area contributed by atoms with Crippen LogP contribution in [-0.2, 0) is 17.8 Å². The molecule has 2 aromatic heterocycles. The van der Waals surface area contributed by atoms with E-state index in [2.05, 4.69) is 28.5 Å². The van der Waals surface area contributed by atoms with Gasteiger partial charge in [-0.05, 0) is 60.2 Å². The summed E-state index contributed by atoms with van der Waals surface area (Å²) in [6, 6.07) is 16.4. The molecule has 0 aliphatic heterocycles. The molecular weight excluding hydrogens is 480 g/mol. The summed E-state index contributed by atoms with van der Waals surface area (Å²) in [6.45, 7) is 0.621. The highest BCUT2D eigenvalue weighted by atomic mass is 32.1. The van der Waals surface area contributed by atoms with Gasteiger partial charge in [-0.25, -0.2) is 9.97 Å². The van der Waals surface area contributed by atoms with Gasteiger partial charge in [0, 0.05) is 28.8 Å². The maximum absolute atomic E-state index is 12.6. The van der Waals surface area contributed by atoms with Gasteiger partial charge in [0.2, 0.25) is 5.91 Å². The molecule has 1 aliphatic carbocycles. The lowest BCUT2D eigenvalue weighted by Crippen LogP contribution is -2.28. The Labute approximate surface area is 222 Å². The van der Waals surface area contributed by atoms with Gasteiger partial charge in [0.1, 0.15) is 11.6 Å². The summed E-state index contributed by atoms with van der Waals surface area (Å²) >= 11 is 1.58. The lowest BCUT2D eigenvalue weighted by molar-refractivity contribution is -0.122. The number of nitrogens with two attached hydrogens (primary N) is 1. The first-order valence-electron chi connectivity index (χ1n) is 13.1. The minimum absolute atomic E-state index is 0.203. The lowest BCUT2D eigenvalue weighted by atomic mass is 9.80. The van der Waals surface area contributed by atoms with Crippen molar-refractivity contribution in [2.45, 2.75) is 51.5 Å². The molecule has 1 saturated carbocycles. The Hall–Kier alpha value is -3.45. The number of amides is 1. The van der Waals surface area contributed by atoms with Crippen LogP contribution >= 0.6 is 11.3 Å². The monoisotopic (exact) mass is 514 g/mol. The zero-order valence-electron chi connectivity index (χ0n) is 21.3. The van der Waals surface area contributed by atoms with Gasteiger partial charge in [0.15, 0.2) is 0 Å². The molecule has 0 saturated heterocycles. The number of nitrogens with zero attached hydrogens (tertiary/aromatic N) is 2. The van der Waals surface area contributed by atoms with Crippen LogP contribution in [0.25, 0.3) is 22.2 Å². The number of carbonyl (C=O) groups is 1. The number of hydrogen-bond acceptors (Lipinski definition) is 6. The maximum Gasteiger partial charge on any atom is 0.220 e. The minimum Gasteiger partial charge on any atom is -0.497 e. The number of primary amides is 1. The molecule has 192 valence electrons. The van der Waals surface area contributed by atoms with Crippen LogP contribution in [0.4, 0.5) is 5.82 Å². The van der Waals surface area contributed by atoms with Crippen LogP contribution < -0.4 is 15.8 Å². The number of aromatic nitrogens is 2. The molecule has 7 heteroatoms. The molecule has 2 aromatic carbocycles. The molecular formula is C30H34N4O2S. The highest BCUT2D eigenvalue weighted by Gasteiger charge is 2.24. The number of pyridine rings is 1. The van der Waals surface area contributed by atoms with Crippen molar-refractivity contribution in [2.75, 3.05) is 12.4 Å². The average molecular weight is 515 g/mol. The number of anilines is 1. The number of methoxy groups -OCH3 is 1. The van der Waals surface area contributed by atoms with Crippen LogP contribution in [0.3, 0.4) is 0 Å². The van der Waals surface area contributed by atoms with Crippen molar-refractivity contribution < 1.29 is 9.53 Å². The quantitative estimate of drug-likeness (QED) is 0.249. The van der Waals surface area contributed by atoms with Gasteiger partial charge in [-0.2, -0.15) is 0 Å². The van der Waals surface area contributed by atoms with E-state index < -0.39 is 0 Å². The number of nitrogens with one attached hydrogen (secondary N) is 1. The molecule has 1 fully saturated rings. The molecule has 1 atom stereocenters. The third-order valence-electron chi connectivity index (χ3n) is 7.45. The van der Waals surface area contributed by atoms with Crippen LogP contribution in [0, 0.1) is 11.8 Å². The normalized spacial score (nSPS) is 14.9. The molecule has 2 heterocycles. The van der Waals surface area contributed by atoms with Crippen molar-refractivity contribution in [3.63, 3.8) is 0 Å². The number of ether oxygens (including phenoxy) is 1. The number of thiazole rings is 1. The maximum atomic E-state index is 12.6. The van der Waals surface area contributed by atoms with E-state index in [9.17, 15) is 4.79 Å². The summed E-state index contributed by atoms with van der Waals surface area (Å²) in [7, 11) is 1.67. The molecule has 6 nitrogen and oxygen atoms in total. The summed E-state index contributed by atoms with van der Waals surface area (Å²) < 4.78 is 5.28. The van der Waals surface area contributed by atoms with Crippen LogP contribution in [0.15, 0.2) is 59.4 Å². The Morgan fingerprint density at radius 2 is 1.95 bits per heavy atom. The van der Waals surface area contributed by atoms with Crippen molar-refractivity contribution in [3.05, 3.63) is 70.5 Å². The Morgan fingerprint density at radius 1 is 1.14 bits per heavy atom. The zero-order valence-corrected chi connectivity index (χ0v) is 22.1. The molecule has 3 N–H and O–H groups in total. The van der Waals surface area contributed by atoms with Crippen molar-refractivity contribution in [1.82, 2.24) is 9.97 Å². The van der Waals surface area contributed by atoms with Crippen molar-refractivity contribution in [3.8, 4) is 17.0 Å². The fourth-order valence-electron chi connectivity index (χ4n) is 5.36. The van der Waals surface area contributed by atoms with Gasteiger partial charge < -0.3 is 15.8 Å². The third kappa shape index (κ3) is 6.28. The lowest BCUT2D eigenvalue weighted by Gasteiger charge is -2.25. The molecule has 4 aromatic rings. The molecule has 0 bridgehead atoms. The summed E-state index contributed by atoms with van der Waals surface area (Å²) in [5, 5.41) is 6.62. The minimum atomic E-state index is -0.219. The zero-order chi connectivity index (χ0) is 25.6. The van der Waals surface area contributed by atoms with Crippen molar-refractivity contribution in [1.29, 1.82) is 0 Å². The number of carbonyl (C=O) groups excluding carboxylic acids is 1. The number of fused-ring (bicyclic) bond motifs is 1. The van der Waals surface area contributed by atoms with Gasteiger partial charge in [0.25, 0.3) is 0 Å². The SMILES string of the molecule is COc1ccc(CNc2nc3ccc(-c4cscn4)cc3cc2CC(CC2CCCCC2)C(N)=O)cc1. The van der Waals surface area contributed by atoms with Crippen molar-refractivity contribution in [2.24, 2.45) is 17.6 Å². The second kappa shape index (κ2) is 11.7. The van der Waals surface area contributed by atoms with Crippen molar-refractivity contribution >= 4 is 34.0 Å². The average Bonchev–Trinajstić information content (AvgIpc) is 3.47. The molecule has 1 aliphatic rings. The second-order valence-electron chi connectivity index (χ2n) is 10.0. The van der Waals surface area contributed by atoms with E-state index in [-0.39, 0.29) is 11.8 Å². The number of hydrogen-bond donors (Lipinski definition) is 2. The molecule has 37 heavy (non-hydrogen) atoms. The van der Waals surface area contributed by atoms with Crippen LogP contribution in [0.2, 0.25) is 0 Å². The van der Waals surface area contributed by atoms with Gasteiger partial charge in [0.05, 0.1) is 23.8 Å². The topological polar surface area (TPSA) is 90.1 Å². The molecule has 1 amide bonds. The first-order chi connectivity index (χ1) is 18.1. The summed E-state index contributed by atoms with van der Waals surface area (Å²) in [6.07, 6.45) is 7.63. The Kier molecular flexibility index (Phi) is 7.99. The summed E-state index contributed by atoms with van der Waals surface area (Å²) in [5.74, 6) is 1.79. The van der Waals surface area contributed by atoms with Crippen LogP contribution in [0.5, 0.6) is 5.75 Å². The molecule has 5 rings (SSSR count). The van der Waals surface area contributed by atoms with E-state index in [0.29, 0.717) is 18.9 Å². The fraction of sp³-hybridized carbons (Fsp3) is 0.367. The Bertz CT molecular complexity index is 1330. The fourth-order valence-corrected chi connectivity index (χ4v) is 5.92. The molecule has 0 spiro atoms. The largest absolute Gasteiger partial charge is 0.497 e. The van der Waals surface area contributed by atoms with E-state index in [1.54, 1.807) is 18.4 Å². The molecule has 0 radical (unpaired) electrons. The third-order valence-corrected chi connectivity index (χ3v) is 8.04. The van der Waals surface area contributed by atoms with Gasteiger partial charge in [-0.3, -0.25) is 4.79 Å². The molecule has 1 unspecified atom stereocenters. The van der Waals surface area contributed by atoms with Crippen LogP contribution in [0.1, 0.15) is 49.7 Å². The Balaban J connectivity index is 1.45. The standard InChI is InChI=1S/C30H34N4O2S/c1-36-26-10-7-21(8-11-26)17-32-30-25(16-24(29(31)35)13-20-5-3-2-4-6-20)15-23-14-22(9-12-27(23)34-30)28-18-37-19-33-28/h7-12,14-15,18-20,24H,2-6,13,16-17H2,1H3,(H2,31,35)(H,32,34). The van der Waals surface area contributed by atoms with E-state index in [1.165, 1.54) is 32.1 Å². The van der Waals surface area contributed by atoms with Gasteiger partial charge >= 0.3 is 0 Å². The van der Waals surface area contributed by atoms with E-state index in [1.807, 2.05) is 41.2 Å². The summed E-state index contributed by atoms with van der Waals surface area (Å²) in [4.78, 5) is 22.0. The predicted octanol–water partition coefficient (Wildman–Crippen LogP) is 6.59. The van der Waals surface area contributed by atoms with E-state index in [0.717, 1.165) is 51.3 Å². The van der Waals surface area contributed by atoms with E-state index in [4.69, 9.17) is 15.5 Å². The smallest absolute Gasteiger partial charge is 0.220 e.